The molecule has 1 radical (unpaired) electrons. The van der Waals surface area contributed by atoms with Crippen LogP contribution in [0.4, 0.5) is 105 Å². The predicted molar refractivity (Wildman–Crippen MR) is 120 cm³/mol. The van der Waals surface area contributed by atoms with Crippen molar-refractivity contribution < 1.29 is 177 Å². The quantitative estimate of drug-likeness (QED) is 0.152. The molecule has 0 aliphatic heterocycles. The third-order valence-corrected chi connectivity index (χ3v) is 3.07. The van der Waals surface area contributed by atoms with Crippen LogP contribution in [0, 0.1) is 0 Å². The SMILES string of the molecule is C[N+](C)(C)C.C[N+](C)(C)C.O.[Co+2].[O-]C(O)(C(F)(F)F)C(F)(F)F.[O-]C(O)(C(F)(F)F)C(F)(F)F.[O-]C(O)(C(F)(F)F)C(F)(F)F.[O-]C(O)(C(F)(F)F)C(F)(F)F. The van der Waals surface area contributed by atoms with E-state index in [9.17, 15) is 126 Å². The number of nitrogens with zero attached hydrogens (tertiary/aromatic N) is 2. The summed E-state index contributed by atoms with van der Waals surface area (Å²) in [5.74, 6) is -23.5. The molecular weight excluding hydrogens is 927 g/mol. The topological polar surface area (TPSA) is 205 Å². The number of hydrogen-bond acceptors (Lipinski definition) is 8. The molecule has 0 aromatic rings. The fourth-order valence-corrected chi connectivity index (χ4v) is 0.643. The van der Waals surface area contributed by atoms with Gasteiger partial charge < -0.3 is 55.3 Å². The smallest absolute Gasteiger partial charge is 0.815 e. The fraction of sp³-hybridized carbons (Fsp3) is 1.00. The van der Waals surface area contributed by atoms with Crippen molar-refractivity contribution >= 4 is 0 Å². The third-order valence-electron chi connectivity index (χ3n) is 3.07. The Morgan fingerprint density at radius 2 is 0.304 bits per heavy atom. The van der Waals surface area contributed by atoms with Gasteiger partial charge in [0.25, 0.3) is 0 Å². The van der Waals surface area contributed by atoms with Gasteiger partial charge in [0, 0.05) is 0 Å². The van der Waals surface area contributed by atoms with Crippen LogP contribution in [0.25, 0.3) is 0 Å². The fourth-order valence-electron chi connectivity index (χ4n) is 0.643. The number of alkyl halides is 24. The maximum absolute atomic E-state index is 11.0. The van der Waals surface area contributed by atoms with Gasteiger partial charge in [-0.1, -0.05) is 0 Å². The van der Waals surface area contributed by atoms with Crippen LogP contribution >= 0.6 is 0 Å². The van der Waals surface area contributed by atoms with Gasteiger partial charge in [-0.3, -0.25) is 0 Å². The normalized spacial score (nSPS) is 14.1. The van der Waals surface area contributed by atoms with Crippen LogP contribution in [0.1, 0.15) is 0 Å². The van der Waals surface area contributed by atoms with Gasteiger partial charge in [-0.05, 0) is 0 Å². The maximum Gasteiger partial charge on any atom is 2.00 e. The molecule has 0 spiro atoms. The summed E-state index contributed by atoms with van der Waals surface area (Å²) < 4.78 is 267. The van der Waals surface area contributed by atoms with E-state index in [-0.39, 0.29) is 22.3 Å². The van der Waals surface area contributed by atoms with Gasteiger partial charge in [0.2, 0.25) is 0 Å². The molecule has 0 rings (SSSR count). The summed E-state index contributed by atoms with van der Waals surface area (Å²) in [5.41, 5.74) is 0. The van der Waals surface area contributed by atoms with Crippen molar-refractivity contribution in [3.63, 3.8) is 0 Å². The van der Waals surface area contributed by atoms with Crippen LogP contribution in [0.2, 0.25) is 0 Å². The Hall–Kier alpha value is -1.61. The van der Waals surface area contributed by atoms with Crippen LogP contribution in [-0.2, 0) is 16.8 Å². The minimum Gasteiger partial charge on any atom is -0.815 e. The first-order valence-electron chi connectivity index (χ1n) is 11.8. The number of hydrogen-bond donors (Lipinski definition) is 4. The molecule has 0 bridgehead atoms. The molecule has 56 heavy (non-hydrogen) atoms. The van der Waals surface area contributed by atoms with Crippen LogP contribution in [-0.4, -0.2) is 164 Å². The molecule has 0 saturated carbocycles. The Bertz CT molecular complexity index is 829. The Morgan fingerprint density at radius 1 is 0.268 bits per heavy atom. The predicted octanol–water partition coefficient (Wildman–Crippen LogP) is 0.457. The first-order valence-corrected chi connectivity index (χ1v) is 11.8. The van der Waals surface area contributed by atoms with Crippen molar-refractivity contribution in [1.29, 1.82) is 0 Å². The third kappa shape index (κ3) is 27.9. The summed E-state index contributed by atoms with van der Waals surface area (Å²) in [5, 5.41) is 67.3. The minimum atomic E-state index is -6.24. The van der Waals surface area contributed by atoms with Crippen molar-refractivity contribution in [2.75, 3.05) is 56.4 Å². The standard InChI is InChI=1S/2C4H12N.4C3HF6O2.Co.H2O/c2*1-5(2,3)4;4*4-2(5,6)1(10,11)3(7,8)9;;/h2*1-4H3;4*10H;;1H2/q2*+1;4*-1;+2;. The second-order valence-corrected chi connectivity index (χ2v) is 11.9. The molecule has 6 N–H and O–H groups in total. The Morgan fingerprint density at radius 3 is 0.304 bits per heavy atom. The summed E-state index contributed by atoms with van der Waals surface area (Å²) in [7, 11) is 17.0. The van der Waals surface area contributed by atoms with Crippen molar-refractivity contribution in [3.8, 4) is 0 Å². The van der Waals surface area contributed by atoms with Gasteiger partial charge in [-0.15, -0.1) is 0 Å². The number of halogens is 24. The summed E-state index contributed by atoms with van der Waals surface area (Å²) >= 11 is 0. The van der Waals surface area contributed by atoms with E-state index in [2.05, 4.69) is 56.4 Å². The van der Waals surface area contributed by atoms with Gasteiger partial charge in [0.1, 0.15) is 0 Å². The molecule has 0 atom stereocenters. The number of rotatable bonds is 0. The summed E-state index contributed by atoms with van der Waals surface area (Å²) in [6, 6.07) is 0. The zero-order valence-electron chi connectivity index (χ0n) is 28.2. The second kappa shape index (κ2) is 21.6. The van der Waals surface area contributed by atoms with Crippen molar-refractivity contribution in [1.82, 2.24) is 0 Å². The largest absolute Gasteiger partial charge is 2.00 e. The van der Waals surface area contributed by atoms with E-state index in [1.807, 2.05) is 0 Å². The second-order valence-electron chi connectivity index (χ2n) is 11.9. The molecule has 0 unspecified atom stereocenters. The molecule has 351 valence electrons. The Labute approximate surface area is 307 Å². The molecule has 0 amide bonds. The Kier molecular flexibility index (Phi) is 27.8. The molecule has 0 saturated heterocycles. The van der Waals surface area contributed by atoms with Gasteiger partial charge in [-0.25, -0.2) is 0 Å². The molecule has 0 aromatic carbocycles. The summed E-state index contributed by atoms with van der Waals surface area (Å²) in [4.78, 5) is 0. The monoisotopic (exact) mass is 957 g/mol. The Balaban J connectivity index is -0.0000000837. The number of aliphatic hydroxyl groups is 4. The molecule has 0 aliphatic rings. The summed E-state index contributed by atoms with van der Waals surface area (Å²) in [6.45, 7) is 0. The summed E-state index contributed by atoms with van der Waals surface area (Å²) in [6.07, 6.45) is -50.0. The molecule has 11 nitrogen and oxygen atoms in total. The van der Waals surface area contributed by atoms with E-state index in [0.717, 1.165) is 8.97 Å². The van der Waals surface area contributed by atoms with Crippen LogP contribution in [0.3, 0.4) is 0 Å². The molecule has 36 heteroatoms. The van der Waals surface area contributed by atoms with Gasteiger partial charge in [-0.2, -0.15) is 105 Å². The van der Waals surface area contributed by atoms with E-state index in [1.54, 1.807) is 0 Å². The number of quaternary nitrogens is 2. The van der Waals surface area contributed by atoms with Gasteiger partial charge in [0.15, 0.2) is 23.1 Å². The van der Waals surface area contributed by atoms with Gasteiger partial charge in [0.05, 0.1) is 56.4 Å². The van der Waals surface area contributed by atoms with Crippen molar-refractivity contribution in [3.05, 3.63) is 0 Å². The molecule has 0 heterocycles. The van der Waals surface area contributed by atoms with Crippen LogP contribution in [0.15, 0.2) is 0 Å². The van der Waals surface area contributed by atoms with Gasteiger partial charge >= 0.3 is 66.2 Å². The van der Waals surface area contributed by atoms with Crippen molar-refractivity contribution in [2.45, 2.75) is 72.6 Å². The first kappa shape index (κ1) is 72.0. The molecule has 0 aromatic heterocycles. The average Bonchev–Trinajstić information content (AvgIpc) is 2.72. The van der Waals surface area contributed by atoms with E-state index in [4.69, 9.17) is 20.4 Å². The van der Waals surface area contributed by atoms with E-state index >= 15 is 0 Å². The van der Waals surface area contributed by atoms with E-state index < -0.39 is 72.6 Å². The first-order chi connectivity index (χ1) is 22.0. The average molecular weight is 957 g/mol. The van der Waals surface area contributed by atoms with Crippen molar-refractivity contribution in [2.24, 2.45) is 0 Å². The van der Waals surface area contributed by atoms with E-state index in [0.29, 0.717) is 0 Å². The van der Waals surface area contributed by atoms with E-state index in [1.165, 1.54) is 0 Å². The zero-order valence-corrected chi connectivity index (χ0v) is 29.3. The zero-order chi connectivity index (χ0) is 47.0. The minimum absolute atomic E-state index is 0. The molecular formula is C20H30CoF24N2O9. The van der Waals surface area contributed by atoms with Crippen LogP contribution in [0.5, 0.6) is 0 Å². The molecule has 0 fully saturated rings. The maximum atomic E-state index is 11.0. The molecule has 0 aliphatic carbocycles. The van der Waals surface area contributed by atoms with Crippen LogP contribution < -0.4 is 20.4 Å².